The lowest BCUT2D eigenvalue weighted by Gasteiger charge is -2.35. The first-order valence-corrected chi connectivity index (χ1v) is 8.45. The predicted octanol–water partition coefficient (Wildman–Crippen LogP) is 1.21. The van der Waals surface area contributed by atoms with Gasteiger partial charge in [0.1, 0.15) is 0 Å². The molecule has 8 heteroatoms. The Hall–Kier alpha value is -1.41. The average Bonchev–Trinajstić information content (AvgIpc) is 3.19. The molecule has 7 nitrogen and oxygen atoms in total. The summed E-state index contributed by atoms with van der Waals surface area (Å²) in [5.74, 6) is 0. The molecule has 0 amide bonds. The molecule has 0 aliphatic carbocycles. The fraction of sp³-hybridized carbons (Fsp3) is 0.600. The van der Waals surface area contributed by atoms with Crippen LogP contribution in [0.3, 0.4) is 0 Å². The summed E-state index contributed by atoms with van der Waals surface area (Å²) in [5, 5.41) is 17.0. The van der Waals surface area contributed by atoms with Crippen LogP contribution in [0.2, 0.25) is 5.02 Å². The molecular weight excluding hydrogens is 318 g/mol. The number of rotatable bonds is 3. The minimum atomic E-state index is -0.0414. The summed E-state index contributed by atoms with van der Waals surface area (Å²) in [6.45, 7) is 5.16. The molecule has 23 heavy (non-hydrogen) atoms. The van der Waals surface area contributed by atoms with Gasteiger partial charge < -0.3 is 9.94 Å². The maximum Gasteiger partial charge on any atom is 0.236 e. The van der Waals surface area contributed by atoms with Gasteiger partial charge in [-0.2, -0.15) is 0 Å². The van der Waals surface area contributed by atoms with E-state index in [-0.39, 0.29) is 6.29 Å². The van der Waals surface area contributed by atoms with Gasteiger partial charge in [0.2, 0.25) is 17.3 Å². The quantitative estimate of drug-likeness (QED) is 0.622. The van der Waals surface area contributed by atoms with Gasteiger partial charge in [0.05, 0.1) is 18.4 Å². The second-order valence-electron chi connectivity index (χ2n) is 6.08. The van der Waals surface area contributed by atoms with Crippen molar-refractivity contribution in [3.05, 3.63) is 28.4 Å². The van der Waals surface area contributed by atoms with E-state index in [1.165, 1.54) is 12.8 Å². The molecule has 1 atom stereocenters. The van der Waals surface area contributed by atoms with Crippen LogP contribution in [0.25, 0.3) is 11.0 Å². The van der Waals surface area contributed by atoms with E-state index in [4.69, 9.17) is 16.3 Å². The average molecular weight is 338 g/mol. The SMILES string of the molecule is [O-][n+]1nn(C(N2CCCC2)N2CCOCC2)c2ccc(Cl)cc21. The zero-order valence-electron chi connectivity index (χ0n) is 12.9. The first-order chi connectivity index (χ1) is 11.2. The Labute approximate surface area is 139 Å². The number of halogens is 1. The van der Waals surface area contributed by atoms with Gasteiger partial charge in [0, 0.05) is 37.3 Å². The summed E-state index contributed by atoms with van der Waals surface area (Å²) in [6.07, 6.45) is 2.33. The van der Waals surface area contributed by atoms with Crippen molar-refractivity contribution in [2.75, 3.05) is 39.4 Å². The molecule has 4 rings (SSSR count). The maximum atomic E-state index is 12.2. The van der Waals surface area contributed by atoms with Crippen LogP contribution >= 0.6 is 11.6 Å². The molecule has 1 aromatic carbocycles. The van der Waals surface area contributed by atoms with Crippen molar-refractivity contribution in [1.82, 2.24) is 19.7 Å². The number of benzene rings is 1. The highest BCUT2D eigenvalue weighted by Crippen LogP contribution is 2.27. The van der Waals surface area contributed by atoms with Crippen LogP contribution in [0.5, 0.6) is 0 Å². The van der Waals surface area contributed by atoms with Crippen LogP contribution in [-0.4, -0.2) is 59.1 Å². The van der Waals surface area contributed by atoms with E-state index in [1.54, 1.807) is 6.07 Å². The standard InChI is InChI=1S/C15H20ClN5O2/c16-12-3-4-13-14(11-12)21(22)17-20(13)15(18-5-1-2-6-18)19-7-9-23-10-8-19/h3-4,11,15H,1-2,5-10H2. The number of fused-ring (bicyclic) bond motifs is 1. The molecule has 3 heterocycles. The molecule has 1 aromatic heterocycles. The van der Waals surface area contributed by atoms with Crippen molar-refractivity contribution in [2.45, 2.75) is 19.1 Å². The zero-order chi connectivity index (χ0) is 15.8. The third-order valence-corrected chi connectivity index (χ3v) is 4.86. The van der Waals surface area contributed by atoms with Gasteiger partial charge in [-0.05, 0) is 25.0 Å². The zero-order valence-corrected chi connectivity index (χ0v) is 13.7. The van der Waals surface area contributed by atoms with Crippen LogP contribution in [0.4, 0.5) is 0 Å². The van der Waals surface area contributed by atoms with Gasteiger partial charge in [-0.25, -0.2) is 9.80 Å². The summed E-state index contributed by atoms with van der Waals surface area (Å²) >= 11 is 6.03. The number of likely N-dealkylation sites (tertiary alicyclic amines) is 1. The monoisotopic (exact) mass is 337 g/mol. The van der Waals surface area contributed by atoms with Crippen molar-refractivity contribution in [3.8, 4) is 0 Å². The Morgan fingerprint density at radius 1 is 1.13 bits per heavy atom. The lowest BCUT2D eigenvalue weighted by Crippen LogP contribution is -2.49. The highest BCUT2D eigenvalue weighted by Gasteiger charge is 2.36. The number of nitrogens with zero attached hydrogens (tertiary/aromatic N) is 5. The molecule has 124 valence electrons. The Kier molecular flexibility index (Phi) is 4.11. The van der Waals surface area contributed by atoms with Crippen LogP contribution < -0.4 is 4.85 Å². The van der Waals surface area contributed by atoms with Crippen molar-refractivity contribution in [1.29, 1.82) is 0 Å². The molecule has 2 fully saturated rings. The second kappa shape index (κ2) is 6.24. The number of ether oxygens (including phenoxy) is 1. The Balaban J connectivity index is 1.79. The molecule has 0 saturated carbocycles. The first-order valence-electron chi connectivity index (χ1n) is 8.07. The minimum Gasteiger partial charge on any atom is -0.691 e. The summed E-state index contributed by atoms with van der Waals surface area (Å²) in [6, 6.07) is 5.36. The first kappa shape index (κ1) is 15.1. The van der Waals surface area contributed by atoms with Gasteiger partial charge in [0.15, 0.2) is 0 Å². The summed E-state index contributed by atoms with van der Waals surface area (Å²) in [7, 11) is 0. The van der Waals surface area contributed by atoms with E-state index in [0.29, 0.717) is 28.6 Å². The van der Waals surface area contributed by atoms with E-state index < -0.39 is 0 Å². The van der Waals surface area contributed by atoms with Gasteiger partial charge in [-0.15, -0.1) is 4.85 Å². The van der Waals surface area contributed by atoms with Crippen LogP contribution in [0.15, 0.2) is 18.2 Å². The topological polar surface area (TPSA) is 60.5 Å². The molecule has 1 unspecified atom stereocenters. The number of hydrogen-bond acceptors (Lipinski definition) is 5. The highest BCUT2D eigenvalue weighted by molar-refractivity contribution is 6.31. The van der Waals surface area contributed by atoms with Gasteiger partial charge >= 0.3 is 0 Å². The molecule has 2 saturated heterocycles. The Bertz CT molecular complexity index is 694. The second-order valence-corrected chi connectivity index (χ2v) is 6.51. The fourth-order valence-corrected chi connectivity index (χ4v) is 3.69. The van der Waals surface area contributed by atoms with E-state index >= 15 is 0 Å². The summed E-state index contributed by atoms with van der Waals surface area (Å²) < 4.78 is 7.33. The molecule has 0 N–H and O–H groups in total. The predicted molar refractivity (Wildman–Crippen MR) is 85.9 cm³/mol. The summed E-state index contributed by atoms with van der Waals surface area (Å²) in [4.78, 5) is 5.41. The molecule has 2 aliphatic rings. The number of hydrogen-bond donors (Lipinski definition) is 0. The molecule has 0 spiro atoms. The lowest BCUT2D eigenvalue weighted by atomic mass is 10.3. The van der Waals surface area contributed by atoms with Crippen molar-refractivity contribution in [2.24, 2.45) is 0 Å². The highest BCUT2D eigenvalue weighted by atomic mass is 35.5. The molecule has 2 aromatic rings. The normalized spacial score (nSPS) is 22.0. The van der Waals surface area contributed by atoms with E-state index in [1.807, 2.05) is 16.8 Å². The lowest BCUT2D eigenvalue weighted by molar-refractivity contribution is -0.647. The number of aromatic nitrogens is 3. The van der Waals surface area contributed by atoms with E-state index in [2.05, 4.69) is 15.0 Å². The minimum absolute atomic E-state index is 0.0414. The van der Waals surface area contributed by atoms with E-state index in [9.17, 15) is 5.21 Å². The fourth-order valence-electron chi connectivity index (χ4n) is 3.52. The van der Waals surface area contributed by atoms with Gasteiger partial charge in [-0.1, -0.05) is 16.3 Å². The molecular formula is C15H20ClN5O2. The third-order valence-electron chi connectivity index (χ3n) is 4.63. The third kappa shape index (κ3) is 2.78. The maximum absolute atomic E-state index is 12.2. The molecule has 0 radical (unpaired) electrons. The van der Waals surface area contributed by atoms with Crippen molar-refractivity contribution in [3.63, 3.8) is 0 Å². The van der Waals surface area contributed by atoms with Crippen LogP contribution in [0, 0.1) is 5.21 Å². The Morgan fingerprint density at radius 2 is 1.83 bits per heavy atom. The van der Waals surface area contributed by atoms with E-state index in [0.717, 1.165) is 31.7 Å². The van der Waals surface area contributed by atoms with Gasteiger partial charge in [0.25, 0.3) is 0 Å². The smallest absolute Gasteiger partial charge is 0.236 e. The Morgan fingerprint density at radius 3 is 2.57 bits per heavy atom. The van der Waals surface area contributed by atoms with Gasteiger partial charge in [-0.3, -0.25) is 0 Å². The van der Waals surface area contributed by atoms with Crippen molar-refractivity contribution >= 4 is 22.6 Å². The molecule has 0 bridgehead atoms. The summed E-state index contributed by atoms with van der Waals surface area (Å²) in [5.41, 5.74) is 1.32. The molecule has 2 aliphatic heterocycles. The van der Waals surface area contributed by atoms with Crippen molar-refractivity contribution < 1.29 is 9.58 Å². The number of morpholine rings is 1. The van der Waals surface area contributed by atoms with Crippen LogP contribution in [0.1, 0.15) is 19.1 Å². The largest absolute Gasteiger partial charge is 0.691 e. The van der Waals surface area contributed by atoms with Crippen LogP contribution in [-0.2, 0) is 4.74 Å².